The summed E-state index contributed by atoms with van der Waals surface area (Å²) >= 11 is 0. The van der Waals surface area contributed by atoms with Crippen LogP contribution < -0.4 is 0 Å². The van der Waals surface area contributed by atoms with Crippen LogP contribution in [0.25, 0.3) is 0 Å². The van der Waals surface area contributed by atoms with E-state index in [-0.39, 0.29) is 6.10 Å². The van der Waals surface area contributed by atoms with Crippen molar-refractivity contribution in [2.75, 3.05) is 212 Å². The summed E-state index contributed by atoms with van der Waals surface area (Å²) in [7, 11) is -2.86. The van der Waals surface area contributed by atoms with Crippen molar-refractivity contribution in [3.63, 3.8) is 0 Å². The van der Waals surface area contributed by atoms with E-state index in [4.69, 9.17) is 84.3 Å². The van der Waals surface area contributed by atoms with Gasteiger partial charge in [0, 0.05) is 13.7 Å². The normalized spacial score (nSPS) is 14.0. The van der Waals surface area contributed by atoms with Crippen LogP contribution in [0, 0.1) is 11.8 Å². The lowest BCUT2D eigenvalue weighted by Gasteiger charge is -2.33. The molecule has 0 rings (SSSR count). The fraction of sp³-hybridized carbons (Fsp3) is 1.00. The molecule has 0 aromatic rings. The van der Waals surface area contributed by atoms with Gasteiger partial charge in [-0.2, -0.15) is 0 Å². The maximum atomic E-state index is 6.43. The Bertz CT molecular complexity index is 1050. The monoisotopic (exact) mass is 1050 g/mol. The third-order valence-electron chi connectivity index (χ3n) is 9.79. The molecule has 0 amide bonds. The number of ether oxygens (including phenoxy) is 16. The first-order valence-electron chi connectivity index (χ1n) is 25.7. The van der Waals surface area contributed by atoms with Gasteiger partial charge < -0.3 is 84.3 Å². The van der Waals surface area contributed by atoms with E-state index < -0.39 is 25.0 Å². The quantitative estimate of drug-likeness (QED) is 0.0498. The highest BCUT2D eigenvalue weighted by molar-refractivity contribution is 6.84. The zero-order valence-corrected chi connectivity index (χ0v) is 48.6. The van der Waals surface area contributed by atoms with E-state index in [9.17, 15) is 0 Å². The van der Waals surface area contributed by atoms with Crippen LogP contribution in [0.4, 0.5) is 0 Å². The van der Waals surface area contributed by atoms with Gasteiger partial charge in [-0.1, -0.05) is 13.8 Å². The number of rotatable bonds is 57. The standard InChI is InChI=1S/C48H104O18Si3/c1-46(44-68(8,9)49-4)42-48(3)65-41-40-63-37-36-61-33-32-59-29-28-57-25-24-55-21-20-53-17-16-51-13-12-50-14-15-52-18-19-54-22-23-56-26-27-58-30-31-60-34-35-62-38-39-64-43-47(2)45-69(10,11)66-67(5,6)7/h46-48H,12-45H2,1-11H3. The lowest BCUT2D eigenvalue weighted by molar-refractivity contribution is -0.0316. The molecule has 3 unspecified atom stereocenters. The SMILES string of the molecule is CO[Si](C)(C)CC(C)CC(C)OCCOCCOCCOCCOCCOCCOCCOCCOCCOCCOCCOCCOCCOCCOCCOCC(C)C[Si](C)(C)O[Si](C)(C)C. The van der Waals surface area contributed by atoms with Crippen LogP contribution in [0.15, 0.2) is 0 Å². The fourth-order valence-electron chi connectivity index (χ4n) is 7.08. The molecule has 0 bridgehead atoms. The Morgan fingerprint density at radius 1 is 0.290 bits per heavy atom. The van der Waals surface area contributed by atoms with Gasteiger partial charge in [-0.15, -0.1) is 0 Å². The van der Waals surface area contributed by atoms with Crippen LogP contribution in [-0.2, 0) is 84.3 Å². The van der Waals surface area contributed by atoms with E-state index in [0.717, 1.165) is 25.1 Å². The second-order valence-corrected chi connectivity index (χ2v) is 32.4. The average Bonchev–Trinajstić information content (AvgIpc) is 3.27. The average molecular weight is 1050 g/mol. The van der Waals surface area contributed by atoms with Crippen LogP contribution in [0.3, 0.4) is 0 Å². The molecule has 0 saturated carbocycles. The summed E-state index contributed by atoms with van der Waals surface area (Å²) in [5.74, 6) is 1.08. The number of hydrogen-bond acceptors (Lipinski definition) is 18. The van der Waals surface area contributed by atoms with Gasteiger partial charge in [-0.05, 0) is 83.1 Å². The van der Waals surface area contributed by atoms with Crippen molar-refractivity contribution in [3.05, 3.63) is 0 Å². The fourth-order valence-corrected chi connectivity index (χ4v) is 17.9. The van der Waals surface area contributed by atoms with Gasteiger partial charge in [0.15, 0.2) is 25.0 Å². The first-order chi connectivity index (χ1) is 33.2. The Kier molecular flexibility index (Phi) is 48.8. The summed E-state index contributed by atoms with van der Waals surface area (Å²) in [6.45, 7) is 38.9. The Labute approximate surface area is 422 Å². The van der Waals surface area contributed by atoms with Crippen molar-refractivity contribution in [1.29, 1.82) is 0 Å². The molecule has 0 N–H and O–H groups in total. The molecule has 0 aromatic carbocycles. The zero-order valence-electron chi connectivity index (χ0n) is 45.6. The Balaban J connectivity index is 3.20. The second-order valence-electron chi connectivity index (χ2n) is 19.1. The Morgan fingerprint density at radius 2 is 0.522 bits per heavy atom. The first-order valence-corrected chi connectivity index (χ1v) is 35.3. The summed E-state index contributed by atoms with van der Waals surface area (Å²) in [5, 5.41) is 0. The van der Waals surface area contributed by atoms with Crippen LogP contribution in [0.2, 0.25) is 57.9 Å². The van der Waals surface area contributed by atoms with Crippen LogP contribution in [0.5, 0.6) is 0 Å². The molecule has 0 saturated heterocycles. The lowest BCUT2D eigenvalue weighted by Crippen LogP contribution is -2.43. The minimum atomic E-state index is -1.64. The second kappa shape index (κ2) is 48.8. The van der Waals surface area contributed by atoms with Crippen molar-refractivity contribution in [2.24, 2.45) is 11.8 Å². The summed E-state index contributed by atoms with van der Waals surface area (Å²) in [5.41, 5.74) is 0. The summed E-state index contributed by atoms with van der Waals surface area (Å²) < 4.78 is 101. The van der Waals surface area contributed by atoms with Crippen molar-refractivity contribution in [1.82, 2.24) is 0 Å². The van der Waals surface area contributed by atoms with E-state index >= 15 is 0 Å². The minimum Gasteiger partial charge on any atom is -0.456 e. The van der Waals surface area contributed by atoms with Crippen molar-refractivity contribution < 1.29 is 84.3 Å². The van der Waals surface area contributed by atoms with Gasteiger partial charge in [-0.3, -0.25) is 0 Å². The van der Waals surface area contributed by atoms with Crippen molar-refractivity contribution in [3.8, 4) is 0 Å². The predicted molar refractivity (Wildman–Crippen MR) is 277 cm³/mol. The molecule has 0 spiro atoms. The molecule has 0 aliphatic rings. The molecule has 69 heavy (non-hydrogen) atoms. The van der Waals surface area contributed by atoms with Gasteiger partial charge in [-0.25, -0.2) is 0 Å². The van der Waals surface area contributed by atoms with E-state index in [1.807, 2.05) is 7.11 Å². The minimum absolute atomic E-state index is 0.215. The van der Waals surface area contributed by atoms with E-state index in [2.05, 4.69) is 66.6 Å². The van der Waals surface area contributed by atoms with Crippen LogP contribution in [-0.4, -0.2) is 243 Å². The smallest absolute Gasteiger partial charge is 0.186 e. The summed E-state index contributed by atoms with van der Waals surface area (Å²) in [4.78, 5) is 0. The summed E-state index contributed by atoms with van der Waals surface area (Å²) in [6, 6.07) is 2.26. The van der Waals surface area contributed by atoms with E-state index in [0.29, 0.717) is 210 Å². The molecular weight excluding hydrogens is 949 g/mol. The predicted octanol–water partition coefficient (Wildman–Crippen LogP) is 6.21. The van der Waals surface area contributed by atoms with E-state index in [1.54, 1.807) is 0 Å². The maximum Gasteiger partial charge on any atom is 0.186 e. The van der Waals surface area contributed by atoms with Crippen molar-refractivity contribution in [2.45, 2.75) is 91.2 Å². The van der Waals surface area contributed by atoms with Gasteiger partial charge in [0.05, 0.1) is 204 Å². The van der Waals surface area contributed by atoms with E-state index in [1.165, 1.54) is 0 Å². The highest BCUT2D eigenvalue weighted by atomic mass is 28.4. The van der Waals surface area contributed by atoms with Crippen molar-refractivity contribution >= 4 is 25.0 Å². The Hall–Kier alpha value is -0.0694. The third kappa shape index (κ3) is 55.5. The van der Waals surface area contributed by atoms with Gasteiger partial charge in [0.1, 0.15) is 0 Å². The molecule has 0 radical (unpaired) electrons. The lowest BCUT2D eigenvalue weighted by atomic mass is 10.1. The zero-order chi connectivity index (χ0) is 51.0. The molecule has 3 atom stereocenters. The molecule has 21 heteroatoms. The van der Waals surface area contributed by atoms with Gasteiger partial charge in [0.25, 0.3) is 0 Å². The van der Waals surface area contributed by atoms with Crippen LogP contribution >= 0.6 is 0 Å². The highest BCUT2D eigenvalue weighted by Crippen LogP contribution is 2.23. The van der Waals surface area contributed by atoms with Crippen LogP contribution in [0.1, 0.15) is 27.2 Å². The molecule has 0 heterocycles. The molecule has 416 valence electrons. The molecule has 18 nitrogen and oxygen atoms in total. The molecule has 0 aliphatic carbocycles. The largest absolute Gasteiger partial charge is 0.456 e. The summed E-state index contributed by atoms with van der Waals surface area (Å²) in [6.07, 6.45) is 1.25. The topological polar surface area (TPSA) is 166 Å². The first kappa shape index (κ1) is 68.9. The van der Waals surface area contributed by atoms with Gasteiger partial charge in [0.2, 0.25) is 0 Å². The maximum absolute atomic E-state index is 6.43. The number of hydrogen-bond donors (Lipinski definition) is 0. The highest BCUT2D eigenvalue weighted by Gasteiger charge is 2.31. The van der Waals surface area contributed by atoms with Gasteiger partial charge >= 0.3 is 0 Å². The molecule has 0 aromatic heterocycles. The molecule has 0 fully saturated rings. The Morgan fingerprint density at radius 3 is 0.768 bits per heavy atom. The molecular formula is C48H104O18Si3. The molecule has 0 aliphatic heterocycles. The third-order valence-corrected chi connectivity index (χ3v) is 18.9.